The quantitative estimate of drug-likeness (QED) is 0.854. The highest BCUT2D eigenvalue weighted by Gasteiger charge is 2.35. The summed E-state index contributed by atoms with van der Waals surface area (Å²) in [6, 6.07) is 0. The van der Waals surface area contributed by atoms with Gasteiger partial charge in [-0.25, -0.2) is 0 Å². The molecule has 1 aliphatic carbocycles. The zero-order chi connectivity index (χ0) is 13.9. The molecule has 2 N–H and O–H groups in total. The number of rotatable bonds is 3. The molecule has 0 aromatic carbocycles. The predicted molar refractivity (Wildman–Crippen MR) is 78.7 cm³/mol. The van der Waals surface area contributed by atoms with Gasteiger partial charge in [-0.05, 0) is 43.1 Å². The fourth-order valence-electron chi connectivity index (χ4n) is 4.05. The van der Waals surface area contributed by atoms with Crippen LogP contribution in [-0.4, -0.2) is 30.4 Å². The summed E-state index contributed by atoms with van der Waals surface area (Å²) < 4.78 is 0. The van der Waals surface area contributed by atoms with Crippen molar-refractivity contribution in [1.82, 2.24) is 4.90 Å². The molecule has 2 fully saturated rings. The maximum Gasteiger partial charge on any atom is 0.223 e. The molecule has 0 radical (unpaired) electrons. The minimum absolute atomic E-state index is 0.110. The molecule has 0 bridgehead atoms. The Bertz CT molecular complexity index is 300. The van der Waals surface area contributed by atoms with Crippen LogP contribution in [0.3, 0.4) is 0 Å². The zero-order valence-corrected chi connectivity index (χ0v) is 12.7. The molecule has 1 aliphatic heterocycles. The van der Waals surface area contributed by atoms with E-state index in [2.05, 4.69) is 18.7 Å². The second-order valence-electron chi connectivity index (χ2n) is 7.19. The van der Waals surface area contributed by atoms with Crippen LogP contribution in [0.2, 0.25) is 0 Å². The van der Waals surface area contributed by atoms with E-state index >= 15 is 0 Å². The molecule has 2 rings (SSSR count). The van der Waals surface area contributed by atoms with Gasteiger partial charge >= 0.3 is 0 Å². The summed E-state index contributed by atoms with van der Waals surface area (Å²) in [6.07, 6.45) is 8.04. The van der Waals surface area contributed by atoms with Gasteiger partial charge < -0.3 is 10.6 Å². The molecular weight excluding hydrogens is 236 g/mol. The second kappa shape index (κ2) is 6.25. The van der Waals surface area contributed by atoms with Crippen molar-refractivity contribution in [1.29, 1.82) is 0 Å². The van der Waals surface area contributed by atoms with Crippen LogP contribution in [-0.2, 0) is 4.79 Å². The summed E-state index contributed by atoms with van der Waals surface area (Å²) in [4.78, 5) is 14.7. The van der Waals surface area contributed by atoms with E-state index < -0.39 is 0 Å². The standard InChI is InChI=1S/C16H30N2O/c1-13-8-14(2)11-18(10-13)15(19)9-16(12-17)6-4-3-5-7-16/h13-14H,3-12,17H2,1-2H3. The first kappa shape index (κ1) is 14.8. The molecule has 2 unspecified atom stereocenters. The Morgan fingerprint density at radius 2 is 1.74 bits per heavy atom. The number of carbonyl (C=O) groups is 1. The number of amides is 1. The lowest BCUT2D eigenvalue weighted by molar-refractivity contribution is -0.136. The molecule has 19 heavy (non-hydrogen) atoms. The Kier molecular flexibility index (Phi) is 4.88. The van der Waals surface area contributed by atoms with Crippen LogP contribution in [0.4, 0.5) is 0 Å². The molecule has 110 valence electrons. The van der Waals surface area contributed by atoms with Crippen LogP contribution in [0.5, 0.6) is 0 Å². The number of hydrogen-bond acceptors (Lipinski definition) is 2. The molecule has 0 aromatic heterocycles. The van der Waals surface area contributed by atoms with E-state index in [0.717, 1.165) is 25.9 Å². The van der Waals surface area contributed by atoms with Gasteiger partial charge in [0, 0.05) is 19.5 Å². The summed E-state index contributed by atoms with van der Waals surface area (Å²) >= 11 is 0. The Labute approximate surface area is 117 Å². The van der Waals surface area contributed by atoms with Gasteiger partial charge in [0.25, 0.3) is 0 Å². The topological polar surface area (TPSA) is 46.3 Å². The molecule has 1 saturated heterocycles. The first-order chi connectivity index (χ1) is 9.04. The van der Waals surface area contributed by atoms with Crippen LogP contribution < -0.4 is 5.73 Å². The summed E-state index contributed by atoms with van der Waals surface area (Å²) in [5.74, 6) is 1.64. The second-order valence-corrected chi connectivity index (χ2v) is 7.19. The monoisotopic (exact) mass is 266 g/mol. The number of nitrogens with zero attached hydrogens (tertiary/aromatic N) is 1. The average molecular weight is 266 g/mol. The highest BCUT2D eigenvalue weighted by Crippen LogP contribution is 2.39. The molecule has 3 heteroatoms. The third kappa shape index (κ3) is 3.71. The third-order valence-electron chi connectivity index (χ3n) is 5.10. The highest BCUT2D eigenvalue weighted by molar-refractivity contribution is 5.77. The molecule has 1 saturated carbocycles. The van der Waals surface area contributed by atoms with Gasteiger partial charge in [-0.15, -0.1) is 0 Å². The van der Waals surface area contributed by atoms with Crippen LogP contribution >= 0.6 is 0 Å². The largest absolute Gasteiger partial charge is 0.342 e. The molecule has 2 aliphatic rings. The van der Waals surface area contributed by atoms with E-state index in [1.54, 1.807) is 0 Å². The fourth-order valence-corrected chi connectivity index (χ4v) is 4.05. The summed E-state index contributed by atoms with van der Waals surface area (Å²) in [5, 5.41) is 0. The summed E-state index contributed by atoms with van der Waals surface area (Å²) in [5.41, 5.74) is 6.11. The summed E-state index contributed by atoms with van der Waals surface area (Å²) in [7, 11) is 0. The van der Waals surface area contributed by atoms with Gasteiger partial charge in [-0.1, -0.05) is 33.1 Å². The lowest BCUT2D eigenvalue weighted by atomic mass is 9.71. The van der Waals surface area contributed by atoms with E-state index in [-0.39, 0.29) is 5.41 Å². The number of hydrogen-bond donors (Lipinski definition) is 1. The van der Waals surface area contributed by atoms with Gasteiger partial charge in [-0.3, -0.25) is 4.79 Å². The van der Waals surface area contributed by atoms with Crippen LogP contribution in [0, 0.1) is 17.3 Å². The first-order valence-corrected chi connectivity index (χ1v) is 8.02. The van der Waals surface area contributed by atoms with Gasteiger partial charge in [-0.2, -0.15) is 0 Å². The Balaban J connectivity index is 1.95. The Hall–Kier alpha value is -0.570. The van der Waals surface area contributed by atoms with Crippen molar-refractivity contribution in [3.8, 4) is 0 Å². The van der Waals surface area contributed by atoms with Crippen molar-refractivity contribution in [2.75, 3.05) is 19.6 Å². The maximum absolute atomic E-state index is 12.6. The molecular formula is C16H30N2O. The van der Waals surface area contributed by atoms with E-state index in [1.165, 1.54) is 25.7 Å². The minimum atomic E-state index is 0.110. The van der Waals surface area contributed by atoms with Gasteiger partial charge in [0.2, 0.25) is 5.91 Å². The summed E-state index contributed by atoms with van der Waals surface area (Å²) in [6.45, 7) is 7.09. The van der Waals surface area contributed by atoms with Crippen LogP contribution in [0.1, 0.15) is 58.8 Å². The van der Waals surface area contributed by atoms with Gasteiger partial charge in [0.15, 0.2) is 0 Å². The molecule has 0 aromatic rings. The van der Waals surface area contributed by atoms with Crippen molar-refractivity contribution in [3.63, 3.8) is 0 Å². The van der Waals surface area contributed by atoms with Crippen LogP contribution in [0.25, 0.3) is 0 Å². The van der Waals surface area contributed by atoms with E-state index in [1.807, 2.05) is 0 Å². The predicted octanol–water partition coefficient (Wildman–Crippen LogP) is 2.79. The number of nitrogens with two attached hydrogens (primary N) is 1. The van der Waals surface area contributed by atoms with Crippen molar-refractivity contribution >= 4 is 5.91 Å². The van der Waals surface area contributed by atoms with Crippen molar-refractivity contribution in [2.24, 2.45) is 23.0 Å². The van der Waals surface area contributed by atoms with Crippen molar-refractivity contribution < 1.29 is 4.79 Å². The SMILES string of the molecule is CC1CC(C)CN(C(=O)CC2(CN)CCCCC2)C1. The van der Waals surface area contributed by atoms with E-state index in [4.69, 9.17) is 5.73 Å². The lowest BCUT2D eigenvalue weighted by Gasteiger charge is -2.40. The smallest absolute Gasteiger partial charge is 0.223 e. The Morgan fingerprint density at radius 3 is 2.26 bits per heavy atom. The lowest BCUT2D eigenvalue weighted by Crippen LogP contribution is -2.46. The normalized spacial score (nSPS) is 31.2. The van der Waals surface area contributed by atoms with Gasteiger partial charge in [0.1, 0.15) is 0 Å². The third-order valence-corrected chi connectivity index (χ3v) is 5.10. The Morgan fingerprint density at radius 1 is 1.16 bits per heavy atom. The number of carbonyl (C=O) groups excluding carboxylic acids is 1. The fraction of sp³-hybridized carbons (Fsp3) is 0.938. The molecule has 1 amide bonds. The first-order valence-electron chi connectivity index (χ1n) is 8.02. The van der Waals surface area contributed by atoms with Crippen molar-refractivity contribution in [2.45, 2.75) is 58.8 Å². The maximum atomic E-state index is 12.6. The van der Waals surface area contributed by atoms with E-state index in [9.17, 15) is 4.79 Å². The van der Waals surface area contributed by atoms with Crippen molar-refractivity contribution in [3.05, 3.63) is 0 Å². The average Bonchev–Trinajstić information content (AvgIpc) is 2.38. The van der Waals surface area contributed by atoms with Gasteiger partial charge in [0.05, 0.1) is 0 Å². The zero-order valence-electron chi connectivity index (χ0n) is 12.7. The highest BCUT2D eigenvalue weighted by atomic mass is 16.2. The number of likely N-dealkylation sites (tertiary alicyclic amines) is 1. The molecule has 1 heterocycles. The molecule has 0 spiro atoms. The minimum Gasteiger partial charge on any atom is -0.342 e. The van der Waals surface area contributed by atoms with Crippen LogP contribution in [0.15, 0.2) is 0 Å². The number of piperidine rings is 1. The van der Waals surface area contributed by atoms with E-state index in [0.29, 0.717) is 30.7 Å². The molecule has 3 nitrogen and oxygen atoms in total. The molecule has 2 atom stereocenters.